The van der Waals surface area contributed by atoms with E-state index in [1.54, 1.807) is 65.8 Å². The number of carbonyl (C=O) groups is 4. The molecule has 1 aromatic rings. The fourth-order valence-electron chi connectivity index (χ4n) is 2.70. The van der Waals surface area contributed by atoms with Crippen LogP contribution in [-0.4, -0.2) is 48.6 Å². The highest BCUT2D eigenvalue weighted by Gasteiger charge is 2.34. The van der Waals surface area contributed by atoms with E-state index in [2.05, 4.69) is 16.0 Å². The maximum atomic E-state index is 12.7. The van der Waals surface area contributed by atoms with Crippen molar-refractivity contribution < 1.29 is 28.7 Å². The van der Waals surface area contributed by atoms with Gasteiger partial charge < -0.3 is 25.4 Å². The van der Waals surface area contributed by atoms with Crippen molar-refractivity contribution in [2.75, 3.05) is 7.05 Å². The summed E-state index contributed by atoms with van der Waals surface area (Å²) in [6.07, 6.45) is -1.28. The molecule has 32 heavy (non-hydrogen) atoms. The highest BCUT2D eigenvalue weighted by molar-refractivity contribution is 5.91. The predicted octanol–water partition coefficient (Wildman–Crippen LogP) is 2.29. The molecule has 0 spiro atoms. The normalized spacial score (nSPS) is 13.3. The zero-order valence-electron chi connectivity index (χ0n) is 19.9. The average molecular weight is 450 g/mol. The number of rotatable bonds is 8. The number of likely N-dealkylation sites (N-methyl/N-ethyl adjacent to an activating group) is 1. The predicted molar refractivity (Wildman–Crippen MR) is 119 cm³/mol. The van der Waals surface area contributed by atoms with Crippen LogP contribution < -0.4 is 16.0 Å². The van der Waals surface area contributed by atoms with Gasteiger partial charge >= 0.3 is 12.1 Å². The van der Waals surface area contributed by atoms with Gasteiger partial charge in [-0.15, -0.1) is 0 Å². The molecule has 3 amide bonds. The maximum absolute atomic E-state index is 12.7. The number of alkyl carbamates (subject to hydrolysis) is 1. The third-order valence-corrected chi connectivity index (χ3v) is 4.27. The summed E-state index contributed by atoms with van der Waals surface area (Å²) in [5.74, 6) is -1.75. The smallest absolute Gasteiger partial charge is 0.408 e. The Bertz CT molecular complexity index is 796. The Balaban J connectivity index is 2.92. The third kappa shape index (κ3) is 9.80. The zero-order valence-corrected chi connectivity index (χ0v) is 19.9. The van der Waals surface area contributed by atoms with Crippen LogP contribution in [0.25, 0.3) is 0 Å². The number of benzene rings is 1. The fourth-order valence-corrected chi connectivity index (χ4v) is 2.70. The highest BCUT2D eigenvalue weighted by Crippen LogP contribution is 2.19. The van der Waals surface area contributed by atoms with Crippen molar-refractivity contribution >= 4 is 23.9 Å². The third-order valence-electron chi connectivity index (χ3n) is 4.27. The fraction of sp³-hybridized carbons (Fsp3) is 0.565. The lowest BCUT2D eigenvalue weighted by atomic mass is 9.86. The quantitative estimate of drug-likeness (QED) is 0.523. The van der Waals surface area contributed by atoms with E-state index in [4.69, 9.17) is 9.47 Å². The molecule has 0 aromatic heterocycles. The molecule has 0 heterocycles. The molecule has 178 valence electrons. The Labute approximate surface area is 189 Å². The lowest BCUT2D eigenvalue weighted by Gasteiger charge is -2.30. The largest absolute Gasteiger partial charge is 0.459 e. The Kier molecular flexibility index (Phi) is 9.68. The van der Waals surface area contributed by atoms with Crippen LogP contribution in [0.15, 0.2) is 30.3 Å². The summed E-state index contributed by atoms with van der Waals surface area (Å²) in [4.78, 5) is 49.8. The minimum Gasteiger partial charge on any atom is -0.459 e. The Morgan fingerprint density at radius 1 is 0.938 bits per heavy atom. The Morgan fingerprint density at radius 2 is 1.53 bits per heavy atom. The van der Waals surface area contributed by atoms with Crippen LogP contribution in [0.5, 0.6) is 0 Å². The monoisotopic (exact) mass is 449 g/mol. The van der Waals surface area contributed by atoms with Gasteiger partial charge in [0, 0.05) is 7.05 Å². The first-order valence-electron chi connectivity index (χ1n) is 10.4. The van der Waals surface area contributed by atoms with Gasteiger partial charge in [-0.25, -0.2) is 9.59 Å². The molecular weight excluding hydrogens is 414 g/mol. The minimum atomic E-state index is -1.29. The first kappa shape index (κ1) is 26.9. The molecule has 1 rings (SSSR count). The molecule has 0 radical (unpaired) electrons. The molecule has 0 aliphatic rings. The van der Waals surface area contributed by atoms with E-state index in [0.29, 0.717) is 0 Å². The first-order chi connectivity index (χ1) is 14.7. The van der Waals surface area contributed by atoms with Crippen LogP contribution in [-0.2, 0) is 30.5 Å². The van der Waals surface area contributed by atoms with Crippen molar-refractivity contribution in [1.82, 2.24) is 16.0 Å². The molecular formula is C23H35N3O6. The SMILES string of the molecule is CNC(=O)[C@@H](NC(=O)C[C@@H](NC(=O)OC(C)(C)C)C(=O)OCc1ccccc1)C(C)(C)C. The van der Waals surface area contributed by atoms with Crippen LogP contribution in [0.1, 0.15) is 53.5 Å². The summed E-state index contributed by atoms with van der Waals surface area (Å²) in [5.41, 5.74) is -0.604. The van der Waals surface area contributed by atoms with Crippen molar-refractivity contribution in [3.63, 3.8) is 0 Å². The van der Waals surface area contributed by atoms with Gasteiger partial charge in [0.2, 0.25) is 11.8 Å². The van der Waals surface area contributed by atoms with Gasteiger partial charge in [-0.2, -0.15) is 0 Å². The highest BCUT2D eigenvalue weighted by atomic mass is 16.6. The molecule has 3 N–H and O–H groups in total. The van der Waals surface area contributed by atoms with Crippen LogP contribution >= 0.6 is 0 Å². The molecule has 0 aliphatic heterocycles. The molecule has 0 saturated carbocycles. The summed E-state index contributed by atoms with van der Waals surface area (Å²) < 4.78 is 10.5. The summed E-state index contributed by atoms with van der Waals surface area (Å²) in [6, 6.07) is 6.89. The van der Waals surface area contributed by atoms with Gasteiger partial charge in [0.1, 0.15) is 24.3 Å². The van der Waals surface area contributed by atoms with Gasteiger partial charge in [-0.3, -0.25) is 9.59 Å². The lowest BCUT2D eigenvalue weighted by molar-refractivity contribution is -0.149. The molecule has 0 fully saturated rings. The second-order valence-corrected chi connectivity index (χ2v) is 9.48. The number of hydrogen-bond acceptors (Lipinski definition) is 6. The number of nitrogens with one attached hydrogen (secondary N) is 3. The van der Waals surface area contributed by atoms with E-state index < -0.39 is 47.5 Å². The average Bonchev–Trinajstić information content (AvgIpc) is 2.67. The van der Waals surface area contributed by atoms with Crippen molar-refractivity contribution in [3.8, 4) is 0 Å². The van der Waals surface area contributed by atoms with E-state index >= 15 is 0 Å². The summed E-state index contributed by atoms with van der Waals surface area (Å²) in [6.45, 7) is 10.4. The van der Waals surface area contributed by atoms with Crippen molar-refractivity contribution in [1.29, 1.82) is 0 Å². The van der Waals surface area contributed by atoms with Gasteiger partial charge in [0.05, 0.1) is 6.42 Å². The standard InChI is InChI=1S/C23H35N3O6/c1-22(2,3)18(19(28)24-7)26-17(27)13-16(25-21(30)32-23(4,5)6)20(29)31-14-15-11-9-8-10-12-15/h8-12,16,18H,13-14H2,1-7H3,(H,24,28)(H,25,30)(H,26,27)/t16-,18-/m1/s1. The lowest BCUT2D eigenvalue weighted by Crippen LogP contribution is -2.54. The molecule has 9 heteroatoms. The van der Waals surface area contributed by atoms with E-state index in [9.17, 15) is 19.2 Å². The number of carbonyl (C=O) groups excluding carboxylic acids is 4. The van der Waals surface area contributed by atoms with Gasteiger partial charge in [-0.1, -0.05) is 51.1 Å². The molecule has 0 aliphatic carbocycles. The molecule has 2 atom stereocenters. The van der Waals surface area contributed by atoms with Crippen molar-refractivity contribution in [3.05, 3.63) is 35.9 Å². The molecule has 1 aromatic carbocycles. The first-order valence-corrected chi connectivity index (χ1v) is 10.4. The number of esters is 1. The molecule has 0 bridgehead atoms. The van der Waals surface area contributed by atoms with E-state index in [1.807, 2.05) is 6.07 Å². The molecule has 0 saturated heterocycles. The van der Waals surface area contributed by atoms with Crippen LogP contribution in [0.3, 0.4) is 0 Å². The number of hydrogen-bond donors (Lipinski definition) is 3. The molecule has 0 unspecified atom stereocenters. The maximum Gasteiger partial charge on any atom is 0.408 e. The van der Waals surface area contributed by atoms with Gasteiger partial charge in [0.15, 0.2) is 0 Å². The second-order valence-electron chi connectivity index (χ2n) is 9.48. The van der Waals surface area contributed by atoms with Crippen molar-refractivity contribution in [2.45, 2.75) is 72.3 Å². The summed E-state index contributed by atoms with van der Waals surface area (Å²) in [5, 5.41) is 7.55. The van der Waals surface area contributed by atoms with E-state index in [0.717, 1.165) is 5.56 Å². The Morgan fingerprint density at radius 3 is 2.03 bits per heavy atom. The van der Waals surface area contributed by atoms with E-state index in [-0.39, 0.29) is 12.5 Å². The van der Waals surface area contributed by atoms with Crippen molar-refractivity contribution in [2.24, 2.45) is 5.41 Å². The number of ether oxygens (including phenoxy) is 2. The van der Waals surface area contributed by atoms with Gasteiger partial charge in [-0.05, 0) is 31.7 Å². The van der Waals surface area contributed by atoms with Crippen LogP contribution in [0.2, 0.25) is 0 Å². The van der Waals surface area contributed by atoms with Crippen LogP contribution in [0.4, 0.5) is 4.79 Å². The van der Waals surface area contributed by atoms with E-state index in [1.165, 1.54) is 7.05 Å². The Hall–Kier alpha value is -3.10. The second kappa shape index (κ2) is 11.5. The minimum absolute atomic E-state index is 0.0172. The van der Waals surface area contributed by atoms with Gasteiger partial charge in [0.25, 0.3) is 0 Å². The number of amides is 3. The topological polar surface area (TPSA) is 123 Å². The summed E-state index contributed by atoms with van der Waals surface area (Å²) in [7, 11) is 1.47. The molecule has 9 nitrogen and oxygen atoms in total. The summed E-state index contributed by atoms with van der Waals surface area (Å²) >= 11 is 0. The zero-order chi connectivity index (χ0) is 24.5. The van der Waals surface area contributed by atoms with Crippen LogP contribution in [0, 0.1) is 5.41 Å².